The van der Waals surface area contributed by atoms with E-state index in [-0.39, 0.29) is 24.1 Å². The summed E-state index contributed by atoms with van der Waals surface area (Å²) < 4.78 is 7.13. The van der Waals surface area contributed by atoms with Crippen LogP contribution in [0, 0.1) is 0 Å². The lowest BCUT2D eigenvalue weighted by Gasteiger charge is -2.17. The van der Waals surface area contributed by atoms with Crippen molar-refractivity contribution in [3.63, 3.8) is 0 Å². The standard InChI is InChI=1S/C13H22N4O2/c1-9(2)17-6-5-12(15-17)14-13(18)11-7-10(19-4)8-16(11)3/h5-6,9-11H,7-8H2,1-4H3,(H,14,15,18)/t10-,11-/m0/s1. The van der Waals surface area contributed by atoms with Crippen LogP contribution in [-0.2, 0) is 9.53 Å². The number of anilines is 1. The fourth-order valence-corrected chi connectivity index (χ4v) is 2.33. The SMILES string of the molecule is CO[C@H]1C[C@@H](C(=O)Nc2ccn(C(C)C)n2)N(C)C1. The Kier molecular flexibility index (Phi) is 4.21. The lowest BCUT2D eigenvalue weighted by Crippen LogP contribution is -2.37. The maximum absolute atomic E-state index is 12.2. The van der Waals surface area contributed by atoms with Crippen LogP contribution in [0.4, 0.5) is 5.82 Å². The molecular weight excluding hydrogens is 244 g/mol. The number of likely N-dealkylation sites (N-methyl/N-ethyl adjacent to an activating group) is 1. The van der Waals surface area contributed by atoms with Crippen LogP contribution in [0.2, 0.25) is 0 Å². The number of aromatic nitrogens is 2. The molecule has 1 aliphatic heterocycles. The third kappa shape index (κ3) is 3.13. The lowest BCUT2D eigenvalue weighted by atomic mass is 10.2. The minimum atomic E-state index is -0.144. The topological polar surface area (TPSA) is 59.4 Å². The number of carbonyl (C=O) groups excluding carboxylic acids is 1. The Hall–Kier alpha value is -1.40. The zero-order valence-corrected chi connectivity index (χ0v) is 12.0. The minimum absolute atomic E-state index is 0.0175. The van der Waals surface area contributed by atoms with Crippen LogP contribution in [0.5, 0.6) is 0 Å². The smallest absolute Gasteiger partial charge is 0.243 e. The molecule has 2 rings (SSSR count). The number of carbonyl (C=O) groups is 1. The highest BCUT2D eigenvalue weighted by Crippen LogP contribution is 2.19. The van der Waals surface area contributed by atoms with Crippen LogP contribution < -0.4 is 5.32 Å². The van der Waals surface area contributed by atoms with Crippen molar-refractivity contribution in [1.82, 2.24) is 14.7 Å². The maximum Gasteiger partial charge on any atom is 0.243 e. The van der Waals surface area contributed by atoms with Gasteiger partial charge in [0.05, 0.1) is 12.1 Å². The summed E-state index contributed by atoms with van der Waals surface area (Å²) in [5.41, 5.74) is 0. The largest absolute Gasteiger partial charge is 0.380 e. The number of methoxy groups -OCH3 is 1. The molecule has 6 heteroatoms. The van der Waals surface area contributed by atoms with Crippen LogP contribution in [0.25, 0.3) is 0 Å². The zero-order valence-electron chi connectivity index (χ0n) is 12.0. The molecule has 106 valence electrons. The third-order valence-electron chi connectivity index (χ3n) is 3.53. The third-order valence-corrected chi connectivity index (χ3v) is 3.53. The molecule has 0 aliphatic carbocycles. The van der Waals surface area contributed by atoms with Crippen molar-refractivity contribution in [2.45, 2.75) is 38.5 Å². The summed E-state index contributed by atoms with van der Waals surface area (Å²) in [4.78, 5) is 14.2. The van der Waals surface area contributed by atoms with Crippen molar-refractivity contribution in [1.29, 1.82) is 0 Å². The fourth-order valence-electron chi connectivity index (χ4n) is 2.33. The number of nitrogens with zero attached hydrogens (tertiary/aromatic N) is 3. The molecule has 6 nitrogen and oxygen atoms in total. The van der Waals surface area contributed by atoms with E-state index in [0.29, 0.717) is 5.82 Å². The molecule has 1 aromatic rings. The highest BCUT2D eigenvalue weighted by atomic mass is 16.5. The van der Waals surface area contributed by atoms with Gasteiger partial charge in [-0.3, -0.25) is 14.4 Å². The van der Waals surface area contributed by atoms with E-state index in [1.165, 1.54) is 0 Å². The van der Waals surface area contributed by atoms with Crippen LogP contribution in [-0.4, -0.2) is 53.4 Å². The van der Waals surface area contributed by atoms with Crippen LogP contribution in [0.1, 0.15) is 26.3 Å². The lowest BCUT2D eigenvalue weighted by molar-refractivity contribution is -0.120. The molecule has 1 aliphatic rings. The second-order valence-electron chi connectivity index (χ2n) is 5.31. The molecule has 1 saturated heterocycles. The highest BCUT2D eigenvalue weighted by Gasteiger charge is 2.34. The number of amides is 1. The summed E-state index contributed by atoms with van der Waals surface area (Å²) in [5.74, 6) is 0.587. The number of nitrogens with one attached hydrogen (secondary N) is 1. The predicted octanol–water partition coefficient (Wildman–Crippen LogP) is 1.12. The van der Waals surface area contributed by atoms with E-state index >= 15 is 0 Å². The molecule has 0 bridgehead atoms. The van der Waals surface area contributed by atoms with Gasteiger partial charge in [-0.2, -0.15) is 5.10 Å². The quantitative estimate of drug-likeness (QED) is 0.887. The van der Waals surface area contributed by atoms with E-state index in [1.807, 2.05) is 42.7 Å². The van der Waals surface area contributed by atoms with E-state index in [9.17, 15) is 4.79 Å². The maximum atomic E-state index is 12.2. The van der Waals surface area contributed by atoms with E-state index in [4.69, 9.17) is 4.74 Å². The Balaban J connectivity index is 1.97. The first kappa shape index (κ1) is 14.0. The first-order chi connectivity index (χ1) is 9.01. The minimum Gasteiger partial charge on any atom is -0.380 e. The first-order valence-corrected chi connectivity index (χ1v) is 6.60. The van der Waals surface area contributed by atoms with E-state index in [2.05, 4.69) is 10.4 Å². The van der Waals surface area contributed by atoms with Crippen molar-refractivity contribution >= 4 is 11.7 Å². The van der Waals surface area contributed by atoms with Crippen molar-refractivity contribution in [2.75, 3.05) is 26.0 Å². The van der Waals surface area contributed by atoms with Gasteiger partial charge in [0.25, 0.3) is 0 Å². The molecule has 2 heterocycles. The second-order valence-corrected chi connectivity index (χ2v) is 5.31. The molecule has 0 spiro atoms. The van der Waals surface area contributed by atoms with Crippen molar-refractivity contribution in [3.8, 4) is 0 Å². The average Bonchev–Trinajstić information content (AvgIpc) is 2.95. The predicted molar refractivity (Wildman–Crippen MR) is 73.1 cm³/mol. The molecule has 1 N–H and O–H groups in total. The van der Waals surface area contributed by atoms with Gasteiger partial charge in [0, 0.05) is 32.0 Å². The molecule has 0 aromatic carbocycles. The molecule has 1 fully saturated rings. The summed E-state index contributed by atoms with van der Waals surface area (Å²) in [5, 5.41) is 7.19. The van der Waals surface area contributed by atoms with Gasteiger partial charge in [0.2, 0.25) is 5.91 Å². The summed E-state index contributed by atoms with van der Waals surface area (Å²) in [6, 6.07) is 1.97. The first-order valence-electron chi connectivity index (χ1n) is 6.60. The number of rotatable bonds is 4. The van der Waals surface area contributed by atoms with Gasteiger partial charge in [-0.15, -0.1) is 0 Å². The molecule has 1 amide bonds. The van der Waals surface area contributed by atoms with Crippen LogP contribution in [0.3, 0.4) is 0 Å². The van der Waals surface area contributed by atoms with Crippen LogP contribution in [0.15, 0.2) is 12.3 Å². The molecule has 19 heavy (non-hydrogen) atoms. The second kappa shape index (κ2) is 5.71. The number of likely N-dealkylation sites (tertiary alicyclic amines) is 1. The molecule has 0 radical (unpaired) electrons. The van der Waals surface area contributed by atoms with Gasteiger partial charge >= 0.3 is 0 Å². The fraction of sp³-hybridized carbons (Fsp3) is 0.692. The summed E-state index contributed by atoms with van der Waals surface area (Å²) >= 11 is 0. The van der Waals surface area contributed by atoms with E-state index < -0.39 is 0 Å². The van der Waals surface area contributed by atoms with Gasteiger partial charge < -0.3 is 10.1 Å². The van der Waals surface area contributed by atoms with Gasteiger partial charge in [-0.25, -0.2) is 0 Å². The Bertz CT molecular complexity index is 444. The van der Waals surface area contributed by atoms with Crippen molar-refractivity contribution in [3.05, 3.63) is 12.3 Å². The van der Waals surface area contributed by atoms with Gasteiger partial charge in [-0.1, -0.05) is 0 Å². The normalized spacial score (nSPS) is 24.1. The molecule has 2 atom stereocenters. The van der Waals surface area contributed by atoms with E-state index in [0.717, 1.165) is 13.0 Å². The number of hydrogen-bond acceptors (Lipinski definition) is 4. The van der Waals surface area contributed by atoms with Gasteiger partial charge in [0.1, 0.15) is 0 Å². The van der Waals surface area contributed by atoms with E-state index in [1.54, 1.807) is 7.11 Å². The van der Waals surface area contributed by atoms with Crippen LogP contribution >= 0.6 is 0 Å². The highest BCUT2D eigenvalue weighted by molar-refractivity contribution is 5.94. The molecule has 1 aromatic heterocycles. The molecule has 0 saturated carbocycles. The number of ether oxygens (including phenoxy) is 1. The van der Waals surface area contributed by atoms with Gasteiger partial charge in [0.15, 0.2) is 5.82 Å². The monoisotopic (exact) mass is 266 g/mol. The molecule has 0 unspecified atom stereocenters. The van der Waals surface area contributed by atoms with Crippen molar-refractivity contribution in [2.24, 2.45) is 0 Å². The Morgan fingerprint density at radius 1 is 1.58 bits per heavy atom. The van der Waals surface area contributed by atoms with Crippen molar-refractivity contribution < 1.29 is 9.53 Å². The Morgan fingerprint density at radius 3 is 2.84 bits per heavy atom. The van der Waals surface area contributed by atoms with Gasteiger partial charge in [-0.05, 0) is 27.3 Å². The summed E-state index contributed by atoms with van der Waals surface area (Å²) in [7, 11) is 3.62. The summed E-state index contributed by atoms with van der Waals surface area (Å²) in [6.07, 6.45) is 2.73. The average molecular weight is 266 g/mol. The zero-order chi connectivity index (χ0) is 14.0. The molecular formula is C13H22N4O2. The Labute approximate surface area is 113 Å². The number of hydrogen-bond donors (Lipinski definition) is 1. The Morgan fingerprint density at radius 2 is 2.32 bits per heavy atom. The summed E-state index contributed by atoms with van der Waals surface area (Å²) in [6.45, 7) is 4.88.